The van der Waals surface area contributed by atoms with E-state index in [1.807, 2.05) is 24.3 Å². The molecule has 8 nitrogen and oxygen atoms in total. The molecule has 1 aromatic heterocycles. The number of anilines is 1. The lowest BCUT2D eigenvalue weighted by Gasteiger charge is -2.19. The maximum absolute atomic E-state index is 12.5. The first-order valence-corrected chi connectivity index (χ1v) is 9.63. The molecule has 1 heterocycles. The number of nitrogens with zero attached hydrogens (tertiary/aromatic N) is 1. The molecule has 0 spiro atoms. The summed E-state index contributed by atoms with van der Waals surface area (Å²) in [5, 5.41) is 13.8. The number of carbonyl (C=O) groups is 1. The number of carbonyl (C=O) groups excluding carboxylic acids is 1. The molecule has 31 heavy (non-hydrogen) atoms. The number of amides is 1. The van der Waals surface area contributed by atoms with Crippen molar-refractivity contribution in [1.29, 1.82) is 0 Å². The highest BCUT2D eigenvalue weighted by Crippen LogP contribution is 2.29. The van der Waals surface area contributed by atoms with Crippen LogP contribution in [-0.2, 0) is 12.0 Å². The predicted octanol–water partition coefficient (Wildman–Crippen LogP) is 5.33. The molecule has 0 aliphatic carbocycles. The molecule has 1 amide bonds. The van der Waals surface area contributed by atoms with E-state index in [4.69, 9.17) is 13.9 Å². The van der Waals surface area contributed by atoms with Crippen LogP contribution < -0.4 is 14.8 Å². The number of benzene rings is 2. The van der Waals surface area contributed by atoms with Gasteiger partial charge in [0.2, 0.25) is 0 Å². The van der Waals surface area contributed by atoms with Crippen LogP contribution in [0.4, 0.5) is 11.4 Å². The number of nitrogens with one attached hydrogen (secondary N) is 1. The summed E-state index contributed by atoms with van der Waals surface area (Å²) >= 11 is 0. The summed E-state index contributed by atoms with van der Waals surface area (Å²) in [4.78, 5) is 23.1. The van der Waals surface area contributed by atoms with Gasteiger partial charge in [-0.15, -0.1) is 0 Å². The number of hydrogen-bond acceptors (Lipinski definition) is 6. The third kappa shape index (κ3) is 5.42. The van der Waals surface area contributed by atoms with Gasteiger partial charge in [0.15, 0.2) is 5.76 Å². The summed E-state index contributed by atoms with van der Waals surface area (Å²) in [5.74, 6) is 0.872. The lowest BCUT2D eigenvalue weighted by molar-refractivity contribution is -0.384. The van der Waals surface area contributed by atoms with Gasteiger partial charge in [-0.25, -0.2) is 0 Å². The summed E-state index contributed by atoms with van der Waals surface area (Å²) in [6.07, 6.45) is 0. The Labute approximate surface area is 179 Å². The van der Waals surface area contributed by atoms with Crippen LogP contribution in [0.1, 0.15) is 42.6 Å². The first kappa shape index (κ1) is 21.9. The Morgan fingerprint density at radius 1 is 1.06 bits per heavy atom. The summed E-state index contributed by atoms with van der Waals surface area (Å²) in [6.45, 7) is 6.56. The second kappa shape index (κ2) is 8.91. The molecule has 0 unspecified atom stereocenters. The molecule has 8 heteroatoms. The Morgan fingerprint density at radius 3 is 2.35 bits per heavy atom. The second-order valence-corrected chi connectivity index (χ2v) is 7.92. The predicted molar refractivity (Wildman–Crippen MR) is 116 cm³/mol. The first-order valence-electron chi connectivity index (χ1n) is 9.63. The number of hydrogen-bond donors (Lipinski definition) is 1. The topological polar surface area (TPSA) is 104 Å². The third-order valence-corrected chi connectivity index (χ3v) is 4.64. The van der Waals surface area contributed by atoms with Crippen LogP contribution in [0.2, 0.25) is 0 Å². The van der Waals surface area contributed by atoms with Gasteiger partial charge in [-0.3, -0.25) is 14.9 Å². The third-order valence-electron chi connectivity index (χ3n) is 4.64. The van der Waals surface area contributed by atoms with Crippen molar-refractivity contribution in [3.8, 4) is 11.5 Å². The van der Waals surface area contributed by atoms with Crippen molar-refractivity contribution in [2.24, 2.45) is 0 Å². The summed E-state index contributed by atoms with van der Waals surface area (Å²) in [5.41, 5.74) is 1.02. The van der Waals surface area contributed by atoms with Gasteiger partial charge >= 0.3 is 0 Å². The fourth-order valence-electron chi connectivity index (χ4n) is 2.86. The van der Waals surface area contributed by atoms with Crippen LogP contribution in [0.15, 0.2) is 59.0 Å². The Bertz CT molecular complexity index is 1080. The average molecular weight is 424 g/mol. The van der Waals surface area contributed by atoms with Crippen molar-refractivity contribution in [1.82, 2.24) is 0 Å². The van der Waals surface area contributed by atoms with Crippen molar-refractivity contribution >= 4 is 17.3 Å². The summed E-state index contributed by atoms with van der Waals surface area (Å²) < 4.78 is 16.2. The van der Waals surface area contributed by atoms with Gasteiger partial charge in [0.05, 0.1) is 18.1 Å². The zero-order valence-electron chi connectivity index (χ0n) is 17.8. The highest BCUT2D eigenvalue weighted by Gasteiger charge is 2.20. The molecule has 0 atom stereocenters. The summed E-state index contributed by atoms with van der Waals surface area (Å²) in [7, 11) is 1.41. The van der Waals surface area contributed by atoms with Gasteiger partial charge in [0.1, 0.15) is 29.6 Å². The molecule has 0 aliphatic rings. The minimum absolute atomic E-state index is 0.0202. The van der Waals surface area contributed by atoms with Gasteiger partial charge in [0, 0.05) is 0 Å². The van der Waals surface area contributed by atoms with Crippen molar-refractivity contribution in [2.75, 3.05) is 12.4 Å². The lowest BCUT2D eigenvalue weighted by atomic mass is 9.87. The highest BCUT2D eigenvalue weighted by atomic mass is 16.6. The van der Waals surface area contributed by atoms with Crippen molar-refractivity contribution < 1.29 is 23.6 Å². The molecule has 0 saturated carbocycles. The van der Waals surface area contributed by atoms with E-state index in [9.17, 15) is 14.9 Å². The molecule has 0 fully saturated rings. The minimum atomic E-state index is -0.603. The van der Waals surface area contributed by atoms with Crippen LogP contribution in [0, 0.1) is 10.1 Å². The number of nitro groups is 1. The van der Waals surface area contributed by atoms with Crippen molar-refractivity contribution in [3.63, 3.8) is 0 Å². The molecule has 3 rings (SSSR count). The van der Waals surface area contributed by atoms with E-state index in [1.165, 1.54) is 36.9 Å². The quantitative estimate of drug-likeness (QED) is 0.406. The van der Waals surface area contributed by atoms with Gasteiger partial charge in [-0.2, -0.15) is 0 Å². The fourth-order valence-corrected chi connectivity index (χ4v) is 2.86. The van der Waals surface area contributed by atoms with Crippen LogP contribution in [0.25, 0.3) is 0 Å². The molecule has 2 aromatic carbocycles. The number of ether oxygens (including phenoxy) is 2. The minimum Gasteiger partial charge on any atom is -0.496 e. The van der Waals surface area contributed by atoms with Crippen LogP contribution in [0.5, 0.6) is 11.5 Å². The molecule has 162 valence electrons. The summed E-state index contributed by atoms with van der Waals surface area (Å²) in [6, 6.07) is 15.1. The average Bonchev–Trinajstić information content (AvgIpc) is 3.21. The molecule has 0 aliphatic heterocycles. The molecule has 1 N–H and O–H groups in total. The number of furan rings is 1. The van der Waals surface area contributed by atoms with Gasteiger partial charge in [-0.05, 0) is 47.4 Å². The highest BCUT2D eigenvalue weighted by molar-refractivity contribution is 6.03. The zero-order valence-corrected chi connectivity index (χ0v) is 17.8. The molecule has 0 bridgehead atoms. The standard InChI is InChI=1S/C23H24N2O6/c1-23(2,3)15-5-7-16(8-6-15)30-14-18-10-12-21(31-18)22(26)24-19-11-9-17(29-4)13-20(19)25(27)28/h5-13H,14H2,1-4H3,(H,24,26). The maximum atomic E-state index is 12.5. The van der Waals surface area contributed by atoms with Gasteiger partial charge < -0.3 is 19.2 Å². The van der Waals surface area contributed by atoms with E-state index in [0.29, 0.717) is 17.3 Å². The zero-order chi connectivity index (χ0) is 22.6. The van der Waals surface area contributed by atoms with E-state index in [2.05, 4.69) is 26.1 Å². The normalized spacial score (nSPS) is 11.1. The smallest absolute Gasteiger partial charge is 0.296 e. The Morgan fingerprint density at radius 2 is 1.74 bits per heavy atom. The molecular weight excluding hydrogens is 400 g/mol. The largest absolute Gasteiger partial charge is 0.496 e. The Hall–Kier alpha value is -3.81. The monoisotopic (exact) mass is 424 g/mol. The Kier molecular flexibility index (Phi) is 6.29. The van der Waals surface area contributed by atoms with Crippen molar-refractivity contribution in [2.45, 2.75) is 32.8 Å². The molecule has 3 aromatic rings. The molecular formula is C23H24N2O6. The Balaban J connectivity index is 1.64. The fraction of sp³-hybridized carbons (Fsp3) is 0.261. The van der Waals surface area contributed by atoms with E-state index in [-0.39, 0.29) is 29.2 Å². The van der Waals surface area contributed by atoms with E-state index >= 15 is 0 Å². The number of nitro benzene ring substituents is 1. The SMILES string of the molecule is COc1ccc(NC(=O)c2ccc(COc3ccc(C(C)(C)C)cc3)o2)c([N+](=O)[O-])c1. The van der Waals surface area contributed by atoms with Crippen LogP contribution in [-0.4, -0.2) is 17.9 Å². The lowest BCUT2D eigenvalue weighted by Crippen LogP contribution is -2.12. The molecule has 0 saturated heterocycles. The second-order valence-electron chi connectivity index (χ2n) is 7.92. The van der Waals surface area contributed by atoms with Crippen LogP contribution >= 0.6 is 0 Å². The molecule has 0 radical (unpaired) electrons. The van der Waals surface area contributed by atoms with E-state index in [0.717, 1.165) is 0 Å². The number of rotatable bonds is 7. The number of methoxy groups -OCH3 is 1. The van der Waals surface area contributed by atoms with Gasteiger partial charge in [0.25, 0.3) is 11.6 Å². The van der Waals surface area contributed by atoms with Crippen LogP contribution in [0.3, 0.4) is 0 Å². The first-order chi connectivity index (χ1) is 14.7. The maximum Gasteiger partial charge on any atom is 0.296 e. The van der Waals surface area contributed by atoms with Gasteiger partial charge in [-0.1, -0.05) is 32.9 Å². The van der Waals surface area contributed by atoms with Crippen molar-refractivity contribution in [3.05, 3.63) is 81.8 Å². The van der Waals surface area contributed by atoms with E-state index < -0.39 is 10.8 Å². The van der Waals surface area contributed by atoms with E-state index in [1.54, 1.807) is 6.07 Å².